The molecule has 1 aromatic carbocycles. The van der Waals surface area contributed by atoms with Crippen molar-refractivity contribution in [1.29, 1.82) is 0 Å². The maximum absolute atomic E-state index is 14.3. The van der Waals surface area contributed by atoms with Gasteiger partial charge in [-0.05, 0) is 13.0 Å². The van der Waals surface area contributed by atoms with Gasteiger partial charge in [-0.2, -0.15) is 8.78 Å². The van der Waals surface area contributed by atoms with Gasteiger partial charge in [0, 0.05) is 12.6 Å². The Hall–Kier alpha value is -2.29. The first-order valence-electron chi connectivity index (χ1n) is 6.11. The van der Waals surface area contributed by atoms with Crippen molar-refractivity contribution in [1.82, 2.24) is 10.4 Å². The molecule has 0 aliphatic carbocycles. The highest BCUT2D eigenvalue weighted by molar-refractivity contribution is 5.84. The molecule has 0 spiro atoms. The van der Waals surface area contributed by atoms with Crippen molar-refractivity contribution in [2.24, 2.45) is 0 Å². The van der Waals surface area contributed by atoms with Gasteiger partial charge in [0.25, 0.3) is 0 Å². The first kappa shape index (κ1) is 17.8. The number of hydroxylamine groups is 2. The highest BCUT2D eigenvalue weighted by Crippen LogP contribution is 2.34. The van der Waals surface area contributed by atoms with Crippen LogP contribution in [0.5, 0.6) is 0 Å². The molecule has 0 heterocycles. The largest absolute Gasteiger partial charge is 0.465 e. The van der Waals surface area contributed by atoms with Crippen LogP contribution in [0, 0.1) is 5.82 Å². The Labute approximate surface area is 124 Å². The summed E-state index contributed by atoms with van der Waals surface area (Å²) in [6.45, 7) is 1.29. The zero-order valence-corrected chi connectivity index (χ0v) is 12.1. The molecule has 9 heteroatoms. The van der Waals surface area contributed by atoms with E-state index < -0.39 is 35.3 Å². The molecular formula is C13H15F3N2O4. The van der Waals surface area contributed by atoms with E-state index in [1.165, 1.54) is 6.92 Å². The molecule has 0 aliphatic rings. The third-order valence-corrected chi connectivity index (χ3v) is 3.00. The van der Waals surface area contributed by atoms with Crippen molar-refractivity contribution >= 4 is 12.0 Å². The standard InChI is InChI=1S/C13H15F3N2O4/c1-7(17-12(20)21)8-5-4-6-9(10(8)14)13(15,16)11(19)18(2)22-3/h4-7,17H,1-3H3,(H,20,21)/t7-/m1/s1. The molecular weight excluding hydrogens is 305 g/mol. The average Bonchev–Trinajstić information content (AvgIpc) is 2.44. The fraction of sp³-hybridized carbons (Fsp3) is 0.385. The van der Waals surface area contributed by atoms with Gasteiger partial charge in [-0.15, -0.1) is 0 Å². The van der Waals surface area contributed by atoms with Crippen LogP contribution in [-0.4, -0.2) is 36.3 Å². The minimum absolute atomic E-state index is 0.283. The Bertz CT molecular complexity index is 580. The van der Waals surface area contributed by atoms with Crippen LogP contribution in [-0.2, 0) is 15.6 Å². The number of nitrogens with zero attached hydrogens (tertiary/aromatic N) is 1. The van der Waals surface area contributed by atoms with Crippen molar-refractivity contribution in [3.8, 4) is 0 Å². The number of hydrogen-bond donors (Lipinski definition) is 2. The Morgan fingerprint density at radius 1 is 1.41 bits per heavy atom. The predicted octanol–water partition coefficient (Wildman–Crippen LogP) is 2.27. The SMILES string of the molecule is CON(C)C(=O)C(F)(F)c1cccc([C@@H](C)NC(=O)O)c1F. The summed E-state index contributed by atoms with van der Waals surface area (Å²) in [6.07, 6.45) is -1.43. The summed E-state index contributed by atoms with van der Waals surface area (Å²) in [4.78, 5) is 26.5. The number of carbonyl (C=O) groups is 2. The van der Waals surface area contributed by atoms with E-state index in [1.807, 2.05) is 5.32 Å². The molecule has 0 unspecified atom stereocenters. The van der Waals surface area contributed by atoms with E-state index in [0.29, 0.717) is 0 Å². The number of nitrogens with one attached hydrogen (secondary N) is 1. The van der Waals surface area contributed by atoms with E-state index in [-0.39, 0.29) is 10.6 Å². The summed E-state index contributed by atoms with van der Waals surface area (Å²) in [6, 6.07) is 1.96. The van der Waals surface area contributed by atoms with Crippen LogP contribution < -0.4 is 5.32 Å². The molecule has 1 atom stereocenters. The number of carboxylic acid groups (broad SMARTS) is 1. The second-order valence-corrected chi connectivity index (χ2v) is 4.44. The average molecular weight is 320 g/mol. The molecule has 0 saturated heterocycles. The molecule has 0 radical (unpaired) electrons. The second-order valence-electron chi connectivity index (χ2n) is 4.44. The Kier molecular flexibility index (Phi) is 5.37. The fourth-order valence-corrected chi connectivity index (χ4v) is 1.79. The summed E-state index contributed by atoms with van der Waals surface area (Å²) in [5.41, 5.74) is -1.45. The van der Waals surface area contributed by atoms with Crippen molar-refractivity contribution in [2.45, 2.75) is 18.9 Å². The Morgan fingerprint density at radius 2 is 2.00 bits per heavy atom. The van der Waals surface area contributed by atoms with Crippen LogP contribution in [0.15, 0.2) is 18.2 Å². The minimum atomic E-state index is -4.16. The molecule has 2 amide bonds. The number of carbonyl (C=O) groups excluding carboxylic acids is 1. The molecule has 2 N–H and O–H groups in total. The van der Waals surface area contributed by atoms with Gasteiger partial charge >= 0.3 is 17.9 Å². The molecule has 122 valence electrons. The zero-order valence-electron chi connectivity index (χ0n) is 12.1. The van der Waals surface area contributed by atoms with Crippen molar-refractivity contribution in [3.63, 3.8) is 0 Å². The molecule has 0 aromatic heterocycles. The summed E-state index contributed by atoms with van der Waals surface area (Å²) >= 11 is 0. The lowest BCUT2D eigenvalue weighted by Crippen LogP contribution is -2.39. The quantitative estimate of drug-likeness (QED) is 0.816. The second kappa shape index (κ2) is 6.65. The van der Waals surface area contributed by atoms with E-state index in [4.69, 9.17) is 5.11 Å². The first-order valence-corrected chi connectivity index (χ1v) is 6.11. The van der Waals surface area contributed by atoms with Crippen LogP contribution in [0.4, 0.5) is 18.0 Å². The predicted molar refractivity (Wildman–Crippen MR) is 69.6 cm³/mol. The van der Waals surface area contributed by atoms with Gasteiger partial charge in [0.05, 0.1) is 18.7 Å². The third kappa shape index (κ3) is 3.48. The van der Waals surface area contributed by atoms with E-state index in [9.17, 15) is 22.8 Å². The van der Waals surface area contributed by atoms with Crippen LogP contribution in [0.2, 0.25) is 0 Å². The number of likely N-dealkylation sites (N-methyl/N-ethyl adjacent to an activating group) is 1. The smallest absolute Gasteiger partial charge is 0.405 e. The van der Waals surface area contributed by atoms with Gasteiger partial charge in [-0.25, -0.2) is 14.2 Å². The Balaban J connectivity index is 3.26. The van der Waals surface area contributed by atoms with Crippen molar-refractivity contribution in [2.75, 3.05) is 14.2 Å². The lowest BCUT2D eigenvalue weighted by Gasteiger charge is -2.23. The number of amides is 2. The highest BCUT2D eigenvalue weighted by atomic mass is 19.3. The number of benzene rings is 1. The summed E-state index contributed by atoms with van der Waals surface area (Å²) < 4.78 is 42.5. The first-order chi connectivity index (χ1) is 10.1. The summed E-state index contributed by atoms with van der Waals surface area (Å²) in [5.74, 6) is -7.26. The highest BCUT2D eigenvalue weighted by Gasteiger charge is 2.46. The topological polar surface area (TPSA) is 78.9 Å². The monoisotopic (exact) mass is 320 g/mol. The molecule has 1 aromatic rings. The molecule has 0 saturated carbocycles. The van der Waals surface area contributed by atoms with E-state index in [0.717, 1.165) is 32.4 Å². The van der Waals surface area contributed by atoms with Gasteiger partial charge in [-0.1, -0.05) is 12.1 Å². The number of alkyl halides is 2. The molecule has 22 heavy (non-hydrogen) atoms. The molecule has 0 bridgehead atoms. The van der Waals surface area contributed by atoms with Crippen molar-refractivity contribution < 1.29 is 32.7 Å². The molecule has 0 fully saturated rings. The van der Waals surface area contributed by atoms with Gasteiger partial charge in [0.2, 0.25) is 0 Å². The lowest BCUT2D eigenvalue weighted by atomic mass is 9.99. The number of halogens is 3. The Morgan fingerprint density at radius 3 is 2.50 bits per heavy atom. The van der Waals surface area contributed by atoms with Gasteiger partial charge in [-0.3, -0.25) is 9.63 Å². The molecule has 1 rings (SSSR count). The zero-order chi connectivity index (χ0) is 17.1. The van der Waals surface area contributed by atoms with Crippen LogP contribution >= 0.6 is 0 Å². The summed E-state index contributed by atoms with van der Waals surface area (Å²) in [5, 5.41) is 10.8. The van der Waals surface area contributed by atoms with Crippen LogP contribution in [0.3, 0.4) is 0 Å². The fourth-order valence-electron chi connectivity index (χ4n) is 1.79. The minimum Gasteiger partial charge on any atom is -0.465 e. The van der Waals surface area contributed by atoms with E-state index in [2.05, 4.69) is 4.84 Å². The van der Waals surface area contributed by atoms with Gasteiger partial charge in [0.15, 0.2) is 0 Å². The van der Waals surface area contributed by atoms with E-state index >= 15 is 0 Å². The van der Waals surface area contributed by atoms with E-state index in [1.54, 1.807) is 0 Å². The number of rotatable bonds is 5. The van der Waals surface area contributed by atoms with Gasteiger partial charge in [0.1, 0.15) is 5.82 Å². The lowest BCUT2D eigenvalue weighted by molar-refractivity contribution is -0.196. The van der Waals surface area contributed by atoms with Crippen molar-refractivity contribution in [3.05, 3.63) is 35.1 Å². The van der Waals surface area contributed by atoms with Gasteiger partial charge < -0.3 is 10.4 Å². The van der Waals surface area contributed by atoms with Crippen LogP contribution in [0.1, 0.15) is 24.1 Å². The normalized spacial score (nSPS) is 12.6. The maximum Gasteiger partial charge on any atom is 0.405 e. The molecule has 0 aliphatic heterocycles. The van der Waals surface area contributed by atoms with Crippen LogP contribution in [0.25, 0.3) is 0 Å². The number of hydrogen-bond acceptors (Lipinski definition) is 3. The maximum atomic E-state index is 14.3. The third-order valence-electron chi connectivity index (χ3n) is 3.00. The summed E-state index contributed by atoms with van der Waals surface area (Å²) in [7, 11) is 1.98. The molecule has 6 nitrogen and oxygen atoms in total.